The van der Waals surface area contributed by atoms with Crippen LogP contribution in [-0.2, 0) is 6.54 Å². The summed E-state index contributed by atoms with van der Waals surface area (Å²) >= 11 is 0. The molecule has 0 spiro atoms. The number of rotatable bonds is 2. The zero-order valence-electron chi connectivity index (χ0n) is 8.49. The summed E-state index contributed by atoms with van der Waals surface area (Å²) in [5.74, 6) is 0. The largest absolute Gasteiger partial charge is 0.265 e. The fraction of sp³-hybridized carbons (Fsp3) is 0.250. The summed E-state index contributed by atoms with van der Waals surface area (Å²) in [5.41, 5.74) is 3.32. The third-order valence-corrected chi connectivity index (χ3v) is 2.19. The molecule has 2 heteroatoms. The van der Waals surface area contributed by atoms with E-state index < -0.39 is 0 Å². The van der Waals surface area contributed by atoms with E-state index in [0.29, 0.717) is 0 Å². The number of aromatic nitrogens is 2. The SMILES string of the molecule is Cc1[c]c(C)n(Cc2ccccc2)n1. The standard InChI is InChI=1S/C12H13N2/c1-10-8-11(2)14(13-10)9-12-6-4-3-5-7-12/h3-7H,9H2,1-2H3. The van der Waals surface area contributed by atoms with Crippen molar-refractivity contribution in [1.29, 1.82) is 0 Å². The molecular formula is C12H13N2. The summed E-state index contributed by atoms with van der Waals surface area (Å²) in [5, 5.41) is 4.37. The average Bonchev–Trinajstić information content (AvgIpc) is 2.47. The van der Waals surface area contributed by atoms with Crippen LogP contribution in [0.5, 0.6) is 0 Å². The van der Waals surface area contributed by atoms with Gasteiger partial charge in [0.1, 0.15) is 0 Å². The lowest BCUT2D eigenvalue weighted by Gasteiger charge is -2.03. The van der Waals surface area contributed by atoms with Gasteiger partial charge in [-0.25, -0.2) is 0 Å². The number of hydrogen-bond donors (Lipinski definition) is 0. The van der Waals surface area contributed by atoms with Crippen LogP contribution in [0.15, 0.2) is 30.3 Å². The fourth-order valence-corrected chi connectivity index (χ4v) is 1.52. The molecule has 0 aliphatic rings. The van der Waals surface area contributed by atoms with Gasteiger partial charge < -0.3 is 0 Å². The Kier molecular flexibility index (Phi) is 2.35. The van der Waals surface area contributed by atoms with E-state index in [0.717, 1.165) is 17.9 Å². The van der Waals surface area contributed by atoms with Gasteiger partial charge in [-0.2, -0.15) is 5.10 Å². The first-order valence-electron chi connectivity index (χ1n) is 4.73. The van der Waals surface area contributed by atoms with Gasteiger partial charge in [0, 0.05) is 11.8 Å². The van der Waals surface area contributed by atoms with Crippen LogP contribution in [0.25, 0.3) is 0 Å². The second kappa shape index (κ2) is 3.66. The molecule has 0 bridgehead atoms. The van der Waals surface area contributed by atoms with Crippen molar-refractivity contribution >= 4 is 0 Å². The number of benzene rings is 1. The van der Waals surface area contributed by atoms with Gasteiger partial charge in [0.05, 0.1) is 12.2 Å². The zero-order chi connectivity index (χ0) is 9.97. The smallest absolute Gasteiger partial charge is 0.0676 e. The Morgan fingerprint density at radius 3 is 2.50 bits per heavy atom. The van der Waals surface area contributed by atoms with Gasteiger partial charge in [0.15, 0.2) is 0 Å². The lowest BCUT2D eigenvalue weighted by atomic mass is 10.2. The van der Waals surface area contributed by atoms with Crippen molar-refractivity contribution < 1.29 is 0 Å². The summed E-state index contributed by atoms with van der Waals surface area (Å²) in [6.07, 6.45) is 0. The maximum Gasteiger partial charge on any atom is 0.0676 e. The molecule has 0 aliphatic heterocycles. The number of hydrogen-bond acceptors (Lipinski definition) is 1. The summed E-state index contributed by atoms with van der Waals surface area (Å²) in [7, 11) is 0. The lowest BCUT2D eigenvalue weighted by Crippen LogP contribution is -2.03. The highest BCUT2D eigenvalue weighted by atomic mass is 15.3. The molecule has 2 rings (SSSR count). The molecule has 1 aromatic heterocycles. The quantitative estimate of drug-likeness (QED) is 0.702. The highest BCUT2D eigenvalue weighted by molar-refractivity contribution is 5.16. The first-order chi connectivity index (χ1) is 6.75. The molecule has 0 amide bonds. The molecule has 0 fully saturated rings. The van der Waals surface area contributed by atoms with Gasteiger partial charge in [0.25, 0.3) is 0 Å². The predicted octanol–water partition coefficient (Wildman–Crippen LogP) is 2.35. The maximum atomic E-state index is 4.37. The molecule has 2 nitrogen and oxygen atoms in total. The zero-order valence-corrected chi connectivity index (χ0v) is 8.49. The van der Waals surface area contributed by atoms with E-state index in [1.54, 1.807) is 0 Å². The Labute approximate surface area is 84.2 Å². The minimum Gasteiger partial charge on any atom is -0.265 e. The Morgan fingerprint density at radius 2 is 1.93 bits per heavy atom. The van der Waals surface area contributed by atoms with Gasteiger partial charge in [-0.15, -0.1) is 0 Å². The van der Waals surface area contributed by atoms with Crippen LogP contribution in [0, 0.1) is 19.9 Å². The lowest BCUT2D eigenvalue weighted by molar-refractivity contribution is 0.659. The van der Waals surface area contributed by atoms with Crippen LogP contribution in [0.3, 0.4) is 0 Å². The topological polar surface area (TPSA) is 17.8 Å². The molecule has 1 radical (unpaired) electrons. The molecule has 0 saturated carbocycles. The van der Waals surface area contributed by atoms with Crippen molar-refractivity contribution in [1.82, 2.24) is 9.78 Å². The minimum atomic E-state index is 0.830. The molecule has 0 N–H and O–H groups in total. The molecule has 0 saturated heterocycles. The van der Waals surface area contributed by atoms with Crippen LogP contribution < -0.4 is 0 Å². The molecule has 2 aromatic rings. The molecule has 0 atom stereocenters. The molecular weight excluding hydrogens is 172 g/mol. The monoisotopic (exact) mass is 185 g/mol. The normalized spacial score (nSPS) is 10.4. The van der Waals surface area contributed by atoms with E-state index in [2.05, 4.69) is 23.3 Å². The fourth-order valence-electron chi connectivity index (χ4n) is 1.52. The second-order valence-electron chi connectivity index (χ2n) is 3.44. The van der Waals surface area contributed by atoms with E-state index in [4.69, 9.17) is 0 Å². The van der Waals surface area contributed by atoms with Gasteiger partial charge in [-0.3, -0.25) is 4.68 Å². The van der Waals surface area contributed by atoms with E-state index >= 15 is 0 Å². The van der Waals surface area contributed by atoms with E-state index in [1.165, 1.54) is 5.56 Å². The van der Waals surface area contributed by atoms with Crippen molar-refractivity contribution in [2.24, 2.45) is 0 Å². The van der Waals surface area contributed by atoms with E-state index in [1.807, 2.05) is 36.7 Å². The summed E-state index contributed by atoms with van der Waals surface area (Å²) in [6, 6.07) is 13.5. The van der Waals surface area contributed by atoms with Crippen LogP contribution in [-0.4, -0.2) is 9.78 Å². The van der Waals surface area contributed by atoms with Crippen molar-refractivity contribution in [3.8, 4) is 0 Å². The van der Waals surface area contributed by atoms with Crippen molar-refractivity contribution in [2.75, 3.05) is 0 Å². The van der Waals surface area contributed by atoms with E-state index in [-0.39, 0.29) is 0 Å². The molecule has 71 valence electrons. The third kappa shape index (κ3) is 1.84. The first-order valence-corrected chi connectivity index (χ1v) is 4.73. The van der Waals surface area contributed by atoms with Gasteiger partial charge in [-0.05, 0) is 19.4 Å². The van der Waals surface area contributed by atoms with E-state index in [9.17, 15) is 0 Å². The van der Waals surface area contributed by atoms with Crippen molar-refractivity contribution in [3.05, 3.63) is 53.3 Å². The Morgan fingerprint density at radius 1 is 1.21 bits per heavy atom. The van der Waals surface area contributed by atoms with Crippen molar-refractivity contribution in [3.63, 3.8) is 0 Å². The second-order valence-corrected chi connectivity index (χ2v) is 3.44. The highest BCUT2D eigenvalue weighted by Crippen LogP contribution is 2.05. The molecule has 1 aromatic carbocycles. The molecule has 0 unspecified atom stereocenters. The summed E-state index contributed by atoms with van der Waals surface area (Å²) in [6.45, 7) is 4.83. The average molecular weight is 185 g/mol. The maximum absolute atomic E-state index is 4.37. The Bertz CT molecular complexity index is 415. The van der Waals surface area contributed by atoms with Crippen LogP contribution >= 0.6 is 0 Å². The Hall–Kier alpha value is -1.57. The van der Waals surface area contributed by atoms with Gasteiger partial charge >= 0.3 is 0 Å². The number of aryl methyl sites for hydroxylation is 2. The molecule has 1 heterocycles. The summed E-state index contributed by atoms with van der Waals surface area (Å²) in [4.78, 5) is 0. The first kappa shape index (κ1) is 9.00. The summed E-state index contributed by atoms with van der Waals surface area (Å²) < 4.78 is 1.98. The highest BCUT2D eigenvalue weighted by Gasteiger charge is 2.01. The van der Waals surface area contributed by atoms with Crippen LogP contribution in [0.4, 0.5) is 0 Å². The van der Waals surface area contributed by atoms with Crippen molar-refractivity contribution in [2.45, 2.75) is 20.4 Å². The Balaban J connectivity index is 2.23. The van der Waals surface area contributed by atoms with Crippen LogP contribution in [0.2, 0.25) is 0 Å². The molecule has 14 heavy (non-hydrogen) atoms. The van der Waals surface area contributed by atoms with Crippen LogP contribution in [0.1, 0.15) is 17.0 Å². The van der Waals surface area contributed by atoms with Gasteiger partial charge in [-0.1, -0.05) is 30.3 Å². The number of nitrogens with zero attached hydrogens (tertiary/aromatic N) is 2. The third-order valence-electron chi connectivity index (χ3n) is 2.19. The van der Waals surface area contributed by atoms with Gasteiger partial charge in [0.2, 0.25) is 0 Å². The molecule has 0 aliphatic carbocycles. The predicted molar refractivity (Wildman–Crippen MR) is 56.1 cm³/mol. The minimum absolute atomic E-state index is 0.830.